The van der Waals surface area contributed by atoms with Gasteiger partial charge < -0.3 is 10.2 Å². The molecule has 1 N–H and O–H groups in total. The molecule has 2 amide bonds. The van der Waals surface area contributed by atoms with Gasteiger partial charge in [-0.3, -0.25) is 9.59 Å². The number of hydrogen-bond donors (Lipinski definition) is 1. The number of hydrogen-bond acceptors (Lipinski definition) is 2. The number of nitrogens with one attached hydrogen (secondary N) is 1. The monoisotopic (exact) mass is 284 g/mol. The first kappa shape index (κ1) is 15.1. The predicted octanol–water partition coefficient (Wildman–Crippen LogP) is 1.88. The van der Waals surface area contributed by atoms with Crippen molar-refractivity contribution in [1.29, 1.82) is 0 Å². The maximum absolute atomic E-state index is 12.7. The number of nitrogens with zero attached hydrogens (tertiary/aromatic N) is 1. The summed E-state index contributed by atoms with van der Waals surface area (Å²) < 4.78 is 0. The summed E-state index contributed by atoms with van der Waals surface area (Å²) in [7, 11) is 0. The second-order valence-electron chi connectivity index (χ2n) is 5.12. The standard InChI is InChI=1S/C17H20N2O2/c1-4-13(5-2)19-15(12-10-8-7-9-11-12)16(20)18-14(6-3)17(19)21/h1,7-11,13-15H,5-6H2,2-3H3,(H,18,20). The number of amides is 2. The summed E-state index contributed by atoms with van der Waals surface area (Å²) in [5, 5.41) is 2.80. The molecule has 3 atom stereocenters. The van der Waals surface area contributed by atoms with Crippen molar-refractivity contribution in [3.63, 3.8) is 0 Å². The van der Waals surface area contributed by atoms with Crippen molar-refractivity contribution in [2.75, 3.05) is 0 Å². The molecule has 2 rings (SSSR count). The number of rotatable bonds is 4. The van der Waals surface area contributed by atoms with Gasteiger partial charge in [0, 0.05) is 0 Å². The van der Waals surface area contributed by atoms with E-state index in [1.54, 1.807) is 4.90 Å². The Balaban J connectivity index is 2.46. The highest BCUT2D eigenvalue weighted by Crippen LogP contribution is 2.29. The number of benzene rings is 1. The maximum Gasteiger partial charge on any atom is 0.248 e. The van der Waals surface area contributed by atoms with Crippen LogP contribution in [0, 0.1) is 12.3 Å². The third kappa shape index (κ3) is 2.78. The van der Waals surface area contributed by atoms with Crippen LogP contribution in [-0.4, -0.2) is 28.8 Å². The Labute approximate surface area is 125 Å². The molecule has 1 heterocycles. The average molecular weight is 284 g/mol. The molecular weight excluding hydrogens is 264 g/mol. The van der Waals surface area contributed by atoms with Crippen LogP contribution < -0.4 is 5.32 Å². The van der Waals surface area contributed by atoms with E-state index in [0.717, 1.165) is 5.56 Å². The van der Waals surface area contributed by atoms with E-state index in [0.29, 0.717) is 12.8 Å². The van der Waals surface area contributed by atoms with Crippen LogP contribution in [0.4, 0.5) is 0 Å². The minimum atomic E-state index is -0.650. The van der Waals surface area contributed by atoms with E-state index < -0.39 is 12.1 Å². The second kappa shape index (κ2) is 6.45. The molecule has 1 saturated heterocycles. The van der Waals surface area contributed by atoms with Crippen LogP contribution in [0.5, 0.6) is 0 Å². The SMILES string of the molecule is C#CC(CC)N1C(=O)C(CC)NC(=O)C1c1ccccc1. The Morgan fingerprint density at radius 3 is 2.48 bits per heavy atom. The van der Waals surface area contributed by atoms with E-state index in [4.69, 9.17) is 6.42 Å². The first-order valence-corrected chi connectivity index (χ1v) is 7.27. The van der Waals surface area contributed by atoms with Crippen molar-refractivity contribution in [2.24, 2.45) is 0 Å². The number of carbonyl (C=O) groups excluding carboxylic acids is 2. The molecule has 0 bridgehead atoms. The highest BCUT2D eigenvalue weighted by Gasteiger charge is 2.43. The van der Waals surface area contributed by atoms with Gasteiger partial charge in [-0.15, -0.1) is 6.42 Å². The minimum absolute atomic E-state index is 0.101. The summed E-state index contributed by atoms with van der Waals surface area (Å²) in [6.45, 7) is 3.80. The maximum atomic E-state index is 12.7. The van der Waals surface area contributed by atoms with Gasteiger partial charge in [0.2, 0.25) is 11.8 Å². The molecule has 1 aromatic rings. The topological polar surface area (TPSA) is 49.4 Å². The van der Waals surface area contributed by atoms with Crippen LogP contribution >= 0.6 is 0 Å². The van der Waals surface area contributed by atoms with Gasteiger partial charge in [0.15, 0.2) is 0 Å². The lowest BCUT2D eigenvalue weighted by Crippen LogP contribution is -2.61. The Morgan fingerprint density at radius 2 is 1.95 bits per heavy atom. The van der Waals surface area contributed by atoms with Crippen molar-refractivity contribution >= 4 is 11.8 Å². The zero-order chi connectivity index (χ0) is 15.4. The van der Waals surface area contributed by atoms with Crippen LogP contribution in [-0.2, 0) is 9.59 Å². The average Bonchev–Trinajstić information content (AvgIpc) is 2.52. The van der Waals surface area contributed by atoms with Crippen molar-refractivity contribution in [2.45, 2.75) is 44.8 Å². The summed E-state index contributed by atoms with van der Waals surface area (Å²) in [6, 6.07) is 7.77. The van der Waals surface area contributed by atoms with Gasteiger partial charge in [0.25, 0.3) is 0 Å². The predicted molar refractivity (Wildman–Crippen MR) is 81.2 cm³/mol. The molecule has 1 fully saturated rings. The van der Waals surface area contributed by atoms with Crippen molar-refractivity contribution < 1.29 is 9.59 Å². The van der Waals surface area contributed by atoms with E-state index >= 15 is 0 Å². The Morgan fingerprint density at radius 1 is 1.29 bits per heavy atom. The normalized spacial score (nSPS) is 23.4. The molecule has 1 aromatic carbocycles. The zero-order valence-electron chi connectivity index (χ0n) is 12.4. The van der Waals surface area contributed by atoms with Gasteiger partial charge in [-0.2, -0.15) is 0 Å². The molecule has 4 heteroatoms. The largest absolute Gasteiger partial charge is 0.342 e. The third-order valence-corrected chi connectivity index (χ3v) is 3.83. The molecular formula is C17H20N2O2. The summed E-state index contributed by atoms with van der Waals surface area (Å²) in [5.74, 6) is 2.38. The van der Waals surface area contributed by atoms with E-state index in [-0.39, 0.29) is 17.9 Å². The fourth-order valence-electron chi connectivity index (χ4n) is 2.70. The van der Waals surface area contributed by atoms with Crippen molar-refractivity contribution in [1.82, 2.24) is 10.2 Å². The van der Waals surface area contributed by atoms with Crippen molar-refractivity contribution in [3.05, 3.63) is 35.9 Å². The fraction of sp³-hybridized carbons (Fsp3) is 0.412. The number of terminal acetylenes is 1. The minimum Gasteiger partial charge on any atom is -0.342 e. The van der Waals surface area contributed by atoms with Crippen molar-refractivity contribution in [3.8, 4) is 12.3 Å². The van der Waals surface area contributed by atoms with Gasteiger partial charge in [-0.1, -0.05) is 50.1 Å². The molecule has 110 valence electrons. The summed E-state index contributed by atoms with van der Waals surface area (Å²) >= 11 is 0. The Hall–Kier alpha value is -2.28. The Bertz CT molecular complexity index is 562. The third-order valence-electron chi connectivity index (χ3n) is 3.83. The molecule has 0 aromatic heterocycles. The molecule has 1 aliphatic heterocycles. The van der Waals surface area contributed by atoms with E-state index in [9.17, 15) is 9.59 Å². The number of piperazine rings is 1. The molecule has 1 aliphatic rings. The molecule has 0 spiro atoms. The van der Waals surface area contributed by atoms with Gasteiger partial charge in [0.05, 0.1) is 6.04 Å². The molecule has 4 nitrogen and oxygen atoms in total. The molecule has 3 unspecified atom stereocenters. The molecule has 0 radical (unpaired) electrons. The number of carbonyl (C=O) groups is 2. The van der Waals surface area contributed by atoms with E-state index in [1.165, 1.54) is 0 Å². The highest BCUT2D eigenvalue weighted by atomic mass is 16.2. The van der Waals surface area contributed by atoms with Gasteiger partial charge >= 0.3 is 0 Å². The van der Waals surface area contributed by atoms with Gasteiger partial charge in [-0.05, 0) is 18.4 Å². The van der Waals surface area contributed by atoms with Crippen LogP contribution in [0.1, 0.15) is 38.3 Å². The summed E-state index contributed by atoms with van der Waals surface area (Å²) in [5.41, 5.74) is 0.784. The van der Waals surface area contributed by atoms with Crippen LogP contribution in [0.2, 0.25) is 0 Å². The Kier molecular flexibility index (Phi) is 4.64. The smallest absolute Gasteiger partial charge is 0.248 e. The molecule has 21 heavy (non-hydrogen) atoms. The van der Waals surface area contributed by atoms with Crippen LogP contribution in [0.15, 0.2) is 30.3 Å². The van der Waals surface area contributed by atoms with Gasteiger partial charge in [-0.25, -0.2) is 0 Å². The summed E-state index contributed by atoms with van der Waals surface area (Å²) in [4.78, 5) is 26.7. The zero-order valence-corrected chi connectivity index (χ0v) is 12.4. The lowest BCUT2D eigenvalue weighted by molar-refractivity contribution is -0.151. The second-order valence-corrected chi connectivity index (χ2v) is 5.12. The first-order valence-electron chi connectivity index (χ1n) is 7.27. The first-order chi connectivity index (χ1) is 10.1. The lowest BCUT2D eigenvalue weighted by atomic mass is 9.96. The van der Waals surface area contributed by atoms with E-state index in [2.05, 4.69) is 11.2 Å². The quantitative estimate of drug-likeness (QED) is 0.858. The van der Waals surface area contributed by atoms with E-state index in [1.807, 2.05) is 44.2 Å². The van der Waals surface area contributed by atoms with Crippen LogP contribution in [0.3, 0.4) is 0 Å². The molecule has 0 saturated carbocycles. The van der Waals surface area contributed by atoms with Crippen LogP contribution in [0.25, 0.3) is 0 Å². The molecule has 0 aliphatic carbocycles. The summed E-state index contributed by atoms with van der Waals surface area (Å²) in [6.07, 6.45) is 6.75. The highest BCUT2D eigenvalue weighted by molar-refractivity contribution is 5.97. The van der Waals surface area contributed by atoms with Gasteiger partial charge in [0.1, 0.15) is 12.1 Å². The fourth-order valence-corrected chi connectivity index (χ4v) is 2.70. The lowest BCUT2D eigenvalue weighted by Gasteiger charge is -2.41.